The molecule has 1 N–H and O–H groups in total. The summed E-state index contributed by atoms with van der Waals surface area (Å²) in [6.07, 6.45) is 3.18. The number of rotatable bonds is 7. The van der Waals surface area contributed by atoms with Gasteiger partial charge in [-0.05, 0) is 68.3 Å². The standard InChI is InChI=1S/C17H32BrN3/c1-8-13-15(18)14(21(10-3)20-13)11-17(7,9-2)12-19-16(4,5)6/h19H,8-12H2,1-7H3. The molecule has 0 aliphatic carbocycles. The lowest BCUT2D eigenvalue weighted by atomic mass is 9.82. The highest BCUT2D eigenvalue weighted by atomic mass is 79.9. The van der Waals surface area contributed by atoms with E-state index in [9.17, 15) is 0 Å². The number of nitrogens with zero attached hydrogens (tertiary/aromatic N) is 2. The second-order valence-electron chi connectivity index (χ2n) is 7.32. The third-order valence-corrected chi connectivity index (χ3v) is 5.10. The first-order chi connectivity index (χ1) is 9.65. The Bertz CT molecular complexity index is 459. The lowest BCUT2D eigenvalue weighted by Crippen LogP contribution is -2.43. The van der Waals surface area contributed by atoms with Gasteiger partial charge in [0.15, 0.2) is 0 Å². The zero-order valence-electron chi connectivity index (χ0n) is 14.8. The Hall–Kier alpha value is -0.350. The predicted molar refractivity (Wildman–Crippen MR) is 94.8 cm³/mol. The average Bonchev–Trinajstić information content (AvgIpc) is 2.72. The molecule has 122 valence electrons. The van der Waals surface area contributed by atoms with Gasteiger partial charge >= 0.3 is 0 Å². The Morgan fingerprint density at radius 3 is 2.19 bits per heavy atom. The van der Waals surface area contributed by atoms with Gasteiger partial charge < -0.3 is 5.32 Å². The van der Waals surface area contributed by atoms with E-state index in [0.29, 0.717) is 0 Å². The minimum Gasteiger partial charge on any atom is -0.312 e. The van der Waals surface area contributed by atoms with E-state index in [1.807, 2.05) is 0 Å². The molecule has 0 radical (unpaired) electrons. The van der Waals surface area contributed by atoms with Crippen LogP contribution in [0.4, 0.5) is 0 Å². The van der Waals surface area contributed by atoms with Crippen molar-refractivity contribution in [2.75, 3.05) is 6.54 Å². The normalized spacial score (nSPS) is 15.2. The van der Waals surface area contributed by atoms with E-state index >= 15 is 0 Å². The molecular weight excluding hydrogens is 326 g/mol. The lowest BCUT2D eigenvalue weighted by Gasteiger charge is -2.33. The summed E-state index contributed by atoms with van der Waals surface area (Å²) < 4.78 is 3.37. The molecule has 4 heteroatoms. The fourth-order valence-electron chi connectivity index (χ4n) is 2.38. The van der Waals surface area contributed by atoms with Gasteiger partial charge in [-0.3, -0.25) is 4.68 Å². The van der Waals surface area contributed by atoms with Gasteiger partial charge in [0.25, 0.3) is 0 Å². The van der Waals surface area contributed by atoms with Crippen LogP contribution in [0.1, 0.15) is 66.3 Å². The third-order valence-electron chi connectivity index (χ3n) is 4.19. The smallest absolute Gasteiger partial charge is 0.0766 e. The van der Waals surface area contributed by atoms with Crippen LogP contribution in [0.5, 0.6) is 0 Å². The molecule has 0 aliphatic heterocycles. The minimum atomic E-state index is 0.160. The van der Waals surface area contributed by atoms with Crippen LogP contribution in [0.3, 0.4) is 0 Å². The van der Waals surface area contributed by atoms with Gasteiger partial charge in [-0.2, -0.15) is 5.10 Å². The van der Waals surface area contributed by atoms with Gasteiger partial charge in [0, 0.05) is 18.6 Å². The summed E-state index contributed by atoms with van der Waals surface area (Å²) in [4.78, 5) is 0. The van der Waals surface area contributed by atoms with E-state index in [4.69, 9.17) is 5.10 Å². The minimum absolute atomic E-state index is 0.160. The molecule has 1 aromatic heterocycles. The molecule has 1 unspecified atom stereocenters. The Labute approximate surface area is 139 Å². The van der Waals surface area contributed by atoms with Crippen molar-refractivity contribution in [3.8, 4) is 0 Å². The molecule has 0 aliphatic rings. The number of aromatic nitrogens is 2. The molecule has 21 heavy (non-hydrogen) atoms. The van der Waals surface area contributed by atoms with Crippen LogP contribution in [-0.2, 0) is 19.4 Å². The maximum absolute atomic E-state index is 4.72. The predicted octanol–water partition coefficient (Wildman–Crippen LogP) is 4.57. The second-order valence-corrected chi connectivity index (χ2v) is 8.11. The fraction of sp³-hybridized carbons (Fsp3) is 0.824. The summed E-state index contributed by atoms with van der Waals surface area (Å²) in [5, 5.41) is 8.39. The highest BCUT2D eigenvalue weighted by Gasteiger charge is 2.28. The molecule has 0 aromatic carbocycles. The highest BCUT2D eigenvalue weighted by Crippen LogP contribution is 2.32. The first-order valence-electron chi connectivity index (χ1n) is 8.15. The average molecular weight is 358 g/mol. The molecule has 1 heterocycles. The van der Waals surface area contributed by atoms with Crippen LogP contribution in [-0.4, -0.2) is 21.9 Å². The summed E-state index contributed by atoms with van der Waals surface area (Å²) in [5.74, 6) is 0. The van der Waals surface area contributed by atoms with Crippen molar-refractivity contribution in [1.82, 2.24) is 15.1 Å². The maximum atomic E-state index is 4.72. The van der Waals surface area contributed by atoms with Crippen LogP contribution in [0.15, 0.2) is 4.47 Å². The Kier molecular flexibility index (Phi) is 6.48. The van der Waals surface area contributed by atoms with Crippen LogP contribution < -0.4 is 5.32 Å². The van der Waals surface area contributed by atoms with E-state index in [2.05, 4.69) is 74.4 Å². The number of hydrogen-bond donors (Lipinski definition) is 1. The Morgan fingerprint density at radius 2 is 1.76 bits per heavy atom. The van der Waals surface area contributed by atoms with Crippen molar-refractivity contribution in [1.29, 1.82) is 0 Å². The maximum Gasteiger partial charge on any atom is 0.0766 e. The molecule has 1 aromatic rings. The van der Waals surface area contributed by atoms with Crippen molar-refractivity contribution < 1.29 is 0 Å². The Morgan fingerprint density at radius 1 is 1.14 bits per heavy atom. The van der Waals surface area contributed by atoms with E-state index in [1.165, 1.54) is 15.9 Å². The number of nitrogens with one attached hydrogen (secondary N) is 1. The van der Waals surface area contributed by atoms with Crippen molar-refractivity contribution in [2.24, 2.45) is 5.41 Å². The molecular formula is C17H32BrN3. The highest BCUT2D eigenvalue weighted by molar-refractivity contribution is 9.10. The van der Waals surface area contributed by atoms with Crippen molar-refractivity contribution in [3.05, 3.63) is 15.9 Å². The molecule has 0 bridgehead atoms. The first kappa shape index (κ1) is 18.7. The zero-order valence-corrected chi connectivity index (χ0v) is 16.4. The van der Waals surface area contributed by atoms with Gasteiger partial charge in [0.1, 0.15) is 0 Å². The summed E-state index contributed by atoms with van der Waals surface area (Å²) in [5.41, 5.74) is 2.92. The monoisotopic (exact) mass is 357 g/mol. The molecule has 0 saturated carbocycles. The topological polar surface area (TPSA) is 29.9 Å². The molecule has 1 rings (SSSR count). The third kappa shape index (κ3) is 5.10. The fourth-order valence-corrected chi connectivity index (χ4v) is 3.09. The zero-order chi connectivity index (χ0) is 16.3. The number of aryl methyl sites for hydroxylation is 2. The van der Waals surface area contributed by atoms with Gasteiger partial charge in [-0.15, -0.1) is 0 Å². The quantitative estimate of drug-likeness (QED) is 0.774. The van der Waals surface area contributed by atoms with Crippen molar-refractivity contribution >= 4 is 15.9 Å². The molecule has 0 fully saturated rings. The largest absolute Gasteiger partial charge is 0.312 e. The SMILES string of the molecule is CCc1nn(CC)c(CC(C)(CC)CNC(C)(C)C)c1Br. The Balaban J connectivity index is 2.97. The van der Waals surface area contributed by atoms with Gasteiger partial charge in [-0.1, -0.05) is 20.8 Å². The van der Waals surface area contributed by atoms with Gasteiger partial charge in [0.2, 0.25) is 0 Å². The van der Waals surface area contributed by atoms with Gasteiger partial charge in [0.05, 0.1) is 15.9 Å². The summed E-state index contributed by atoms with van der Waals surface area (Å²) in [6, 6.07) is 0. The molecule has 0 amide bonds. The van der Waals surface area contributed by atoms with Crippen molar-refractivity contribution in [3.63, 3.8) is 0 Å². The molecule has 0 spiro atoms. The summed E-state index contributed by atoms with van der Waals surface area (Å²) >= 11 is 3.77. The van der Waals surface area contributed by atoms with E-state index in [-0.39, 0.29) is 11.0 Å². The van der Waals surface area contributed by atoms with E-state index in [1.54, 1.807) is 0 Å². The second kappa shape index (κ2) is 7.28. The van der Waals surface area contributed by atoms with E-state index < -0.39 is 0 Å². The summed E-state index contributed by atoms with van der Waals surface area (Å²) in [7, 11) is 0. The van der Waals surface area contributed by atoms with Crippen LogP contribution >= 0.6 is 15.9 Å². The van der Waals surface area contributed by atoms with Crippen molar-refractivity contribution in [2.45, 2.75) is 79.8 Å². The van der Waals surface area contributed by atoms with E-state index in [0.717, 1.165) is 32.4 Å². The number of halogens is 1. The van der Waals surface area contributed by atoms with Crippen LogP contribution in [0.2, 0.25) is 0 Å². The first-order valence-corrected chi connectivity index (χ1v) is 8.94. The molecule has 1 atom stereocenters. The van der Waals surface area contributed by atoms with Gasteiger partial charge in [-0.25, -0.2) is 0 Å². The molecule has 0 saturated heterocycles. The number of hydrogen-bond acceptors (Lipinski definition) is 2. The molecule has 3 nitrogen and oxygen atoms in total. The summed E-state index contributed by atoms with van der Waals surface area (Å²) in [6.45, 7) is 17.6. The lowest BCUT2D eigenvalue weighted by molar-refractivity contribution is 0.249. The van der Waals surface area contributed by atoms with Crippen LogP contribution in [0.25, 0.3) is 0 Å². The van der Waals surface area contributed by atoms with Crippen LogP contribution in [0, 0.1) is 5.41 Å².